The van der Waals surface area contributed by atoms with E-state index in [4.69, 9.17) is 0 Å². The zero-order valence-electron chi connectivity index (χ0n) is 9.89. The van der Waals surface area contributed by atoms with Gasteiger partial charge in [0.15, 0.2) is 0 Å². The van der Waals surface area contributed by atoms with E-state index >= 15 is 0 Å². The fourth-order valence-electron chi connectivity index (χ4n) is 1.94. The number of aromatic nitrogens is 2. The van der Waals surface area contributed by atoms with Crippen LogP contribution in [0.1, 0.15) is 25.1 Å². The molecule has 0 radical (unpaired) electrons. The molecule has 2 rings (SSSR count). The molecule has 3 nitrogen and oxygen atoms in total. The summed E-state index contributed by atoms with van der Waals surface area (Å²) in [4.78, 5) is 0. The fourth-order valence-corrected chi connectivity index (χ4v) is 2.34. The molecule has 1 unspecified atom stereocenters. The van der Waals surface area contributed by atoms with E-state index in [2.05, 4.69) is 21.0 Å². The van der Waals surface area contributed by atoms with Crippen LogP contribution in [0.15, 0.2) is 41.0 Å². The van der Waals surface area contributed by atoms with Crippen molar-refractivity contribution in [2.45, 2.75) is 26.0 Å². The summed E-state index contributed by atoms with van der Waals surface area (Å²) in [6.07, 6.45) is 1.71. The van der Waals surface area contributed by atoms with Gasteiger partial charge in [-0.25, -0.2) is 0 Å². The van der Waals surface area contributed by atoms with Crippen LogP contribution in [0, 0.1) is 0 Å². The number of hydrogen-bond acceptors (Lipinski definition) is 2. The Hall–Kier alpha value is -1.13. The standard InChI is InChI=1S/C13H15BrN2O/c1-3-16-12(7-8-15-16)13(2,17)10-5-4-6-11(14)9-10/h4-9,17H,3H2,1-2H3. The first-order valence-electron chi connectivity index (χ1n) is 5.56. The van der Waals surface area contributed by atoms with E-state index in [1.165, 1.54) is 0 Å². The maximum Gasteiger partial charge on any atom is 0.128 e. The van der Waals surface area contributed by atoms with Gasteiger partial charge in [0.2, 0.25) is 0 Å². The van der Waals surface area contributed by atoms with Gasteiger partial charge in [0.05, 0.1) is 5.69 Å². The number of halogens is 1. The lowest BCUT2D eigenvalue weighted by atomic mass is 9.92. The molecule has 1 atom stereocenters. The van der Waals surface area contributed by atoms with Crippen molar-refractivity contribution in [1.82, 2.24) is 9.78 Å². The number of hydrogen-bond donors (Lipinski definition) is 1. The van der Waals surface area contributed by atoms with Gasteiger partial charge in [-0.15, -0.1) is 0 Å². The monoisotopic (exact) mass is 294 g/mol. The highest BCUT2D eigenvalue weighted by atomic mass is 79.9. The van der Waals surface area contributed by atoms with Crippen LogP contribution in [0.2, 0.25) is 0 Å². The molecule has 0 spiro atoms. The topological polar surface area (TPSA) is 38.0 Å². The van der Waals surface area contributed by atoms with Gasteiger partial charge in [0.1, 0.15) is 5.60 Å². The van der Waals surface area contributed by atoms with Crippen molar-refractivity contribution in [3.05, 3.63) is 52.3 Å². The molecule has 1 N–H and O–H groups in total. The third kappa shape index (κ3) is 2.28. The lowest BCUT2D eigenvalue weighted by Crippen LogP contribution is -2.26. The Morgan fingerprint density at radius 3 is 2.82 bits per heavy atom. The summed E-state index contributed by atoms with van der Waals surface area (Å²) in [5.74, 6) is 0. The van der Waals surface area contributed by atoms with Crippen LogP contribution in [0.4, 0.5) is 0 Å². The van der Waals surface area contributed by atoms with Crippen LogP contribution < -0.4 is 0 Å². The van der Waals surface area contributed by atoms with E-state index in [9.17, 15) is 5.11 Å². The summed E-state index contributed by atoms with van der Waals surface area (Å²) >= 11 is 3.42. The lowest BCUT2D eigenvalue weighted by Gasteiger charge is -2.25. The summed E-state index contributed by atoms with van der Waals surface area (Å²) in [6, 6.07) is 9.55. The highest BCUT2D eigenvalue weighted by Gasteiger charge is 2.29. The number of aryl methyl sites for hydroxylation is 1. The third-order valence-electron chi connectivity index (χ3n) is 2.90. The van der Waals surface area contributed by atoms with E-state index in [1.807, 2.05) is 37.3 Å². The summed E-state index contributed by atoms with van der Waals surface area (Å²) in [5.41, 5.74) is 0.621. The average Bonchev–Trinajstić information content (AvgIpc) is 2.77. The van der Waals surface area contributed by atoms with Crippen molar-refractivity contribution in [1.29, 1.82) is 0 Å². The van der Waals surface area contributed by atoms with Crippen molar-refractivity contribution in [3.63, 3.8) is 0 Å². The predicted molar refractivity (Wildman–Crippen MR) is 70.7 cm³/mol. The van der Waals surface area contributed by atoms with Crippen molar-refractivity contribution in [2.75, 3.05) is 0 Å². The Balaban J connectivity index is 2.49. The highest BCUT2D eigenvalue weighted by Crippen LogP contribution is 2.30. The molecule has 0 bridgehead atoms. The minimum atomic E-state index is -1.03. The maximum absolute atomic E-state index is 10.7. The number of nitrogens with zero attached hydrogens (tertiary/aromatic N) is 2. The van der Waals surface area contributed by atoms with Gasteiger partial charge in [-0.1, -0.05) is 28.1 Å². The van der Waals surface area contributed by atoms with Crippen molar-refractivity contribution >= 4 is 15.9 Å². The van der Waals surface area contributed by atoms with E-state index in [0.29, 0.717) is 0 Å². The molecule has 90 valence electrons. The van der Waals surface area contributed by atoms with Gasteiger partial charge < -0.3 is 5.11 Å². The van der Waals surface area contributed by atoms with Crippen LogP contribution in [0.3, 0.4) is 0 Å². The van der Waals surface area contributed by atoms with E-state index in [0.717, 1.165) is 22.3 Å². The largest absolute Gasteiger partial charge is 0.379 e. The second-order valence-electron chi connectivity index (χ2n) is 4.11. The van der Waals surface area contributed by atoms with Crippen molar-refractivity contribution in [2.24, 2.45) is 0 Å². The number of aliphatic hydroxyl groups is 1. The SMILES string of the molecule is CCn1nccc1C(C)(O)c1cccc(Br)c1. The molecular formula is C13H15BrN2O. The maximum atomic E-state index is 10.7. The average molecular weight is 295 g/mol. The minimum Gasteiger partial charge on any atom is -0.379 e. The molecule has 0 saturated carbocycles. The molecular weight excluding hydrogens is 280 g/mol. The van der Waals surface area contributed by atoms with Crippen LogP contribution in [0.25, 0.3) is 0 Å². The number of rotatable bonds is 3. The molecule has 1 aromatic carbocycles. The van der Waals surface area contributed by atoms with Crippen molar-refractivity contribution in [3.8, 4) is 0 Å². The molecule has 0 fully saturated rings. The molecule has 0 aliphatic carbocycles. The van der Waals surface area contributed by atoms with Gasteiger partial charge in [-0.3, -0.25) is 4.68 Å². The lowest BCUT2D eigenvalue weighted by molar-refractivity contribution is 0.0917. The zero-order valence-corrected chi connectivity index (χ0v) is 11.5. The van der Waals surface area contributed by atoms with Crippen LogP contribution in [-0.2, 0) is 12.1 Å². The van der Waals surface area contributed by atoms with Gasteiger partial charge in [0, 0.05) is 17.2 Å². The molecule has 1 heterocycles. The fraction of sp³-hybridized carbons (Fsp3) is 0.308. The van der Waals surface area contributed by atoms with E-state index in [-0.39, 0.29) is 0 Å². The van der Waals surface area contributed by atoms with Gasteiger partial charge in [-0.05, 0) is 37.6 Å². The van der Waals surface area contributed by atoms with Crippen LogP contribution in [0.5, 0.6) is 0 Å². The first-order valence-corrected chi connectivity index (χ1v) is 6.35. The van der Waals surface area contributed by atoms with Crippen molar-refractivity contribution < 1.29 is 5.11 Å². The summed E-state index contributed by atoms with van der Waals surface area (Å²) < 4.78 is 2.76. The second-order valence-corrected chi connectivity index (χ2v) is 5.03. The first kappa shape index (κ1) is 12.3. The quantitative estimate of drug-likeness (QED) is 0.945. The summed E-state index contributed by atoms with van der Waals surface area (Å²) in [6.45, 7) is 4.54. The Morgan fingerprint density at radius 1 is 1.41 bits per heavy atom. The molecule has 4 heteroatoms. The minimum absolute atomic E-state index is 0.743. The molecule has 0 saturated heterocycles. The first-order chi connectivity index (χ1) is 8.05. The molecule has 17 heavy (non-hydrogen) atoms. The summed E-state index contributed by atoms with van der Waals surface area (Å²) in [7, 11) is 0. The van der Waals surface area contributed by atoms with E-state index < -0.39 is 5.60 Å². The molecule has 0 aliphatic heterocycles. The van der Waals surface area contributed by atoms with Gasteiger partial charge in [-0.2, -0.15) is 5.10 Å². The van der Waals surface area contributed by atoms with Gasteiger partial charge in [0.25, 0.3) is 0 Å². The Labute approximate surface area is 109 Å². The predicted octanol–water partition coefficient (Wildman–Crippen LogP) is 2.92. The smallest absolute Gasteiger partial charge is 0.128 e. The number of benzene rings is 1. The summed E-state index contributed by atoms with van der Waals surface area (Å²) in [5, 5.41) is 14.9. The Morgan fingerprint density at radius 2 is 2.18 bits per heavy atom. The second kappa shape index (κ2) is 4.63. The third-order valence-corrected chi connectivity index (χ3v) is 3.39. The van der Waals surface area contributed by atoms with E-state index in [1.54, 1.807) is 17.8 Å². The van der Waals surface area contributed by atoms with Gasteiger partial charge >= 0.3 is 0 Å². The molecule has 1 aromatic heterocycles. The molecule has 2 aromatic rings. The molecule has 0 amide bonds. The normalized spacial score (nSPS) is 14.6. The van der Waals surface area contributed by atoms with Crippen LogP contribution in [-0.4, -0.2) is 14.9 Å². The Kier molecular flexibility index (Phi) is 3.35. The Bertz CT molecular complexity index is 520. The van der Waals surface area contributed by atoms with Crippen LogP contribution >= 0.6 is 15.9 Å². The highest BCUT2D eigenvalue weighted by molar-refractivity contribution is 9.10. The zero-order chi connectivity index (χ0) is 12.5. The molecule has 0 aliphatic rings.